The van der Waals surface area contributed by atoms with Crippen molar-refractivity contribution in [2.75, 3.05) is 12.4 Å². The van der Waals surface area contributed by atoms with Crippen LogP contribution in [-0.4, -0.2) is 38.0 Å². The number of rotatable bonds is 10. The lowest BCUT2D eigenvalue weighted by molar-refractivity contribution is 0.104. The number of unbranched alkanes of at least 4 members (excludes halogenated alkanes) is 1. The Morgan fingerprint density at radius 1 is 1.10 bits per heavy atom. The van der Waals surface area contributed by atoms with E-state index in [1.54, 1.807) is 45.8 Å². The number of hydrogen-bond donors (Lipinski definition) is 0. The van der Waals surface area contributed by atoms with Crippen molar-refractivity contribution in [3.8, 4) is 5.75 Å². The quantitative estimate of drug-likeness (QED) is 0.141. The van der Waals surface area contributed by atoms with E-state index >= 15 is 0 Å². The monoisotopic (exact) mass is 450 g/mol. The lowest BCUT2D eigenvalue weighted by Gasteiger charge is -2.06. The first-order valence-corrected chi connectivity index (χ1v) is 11.8. The summed E-state index contributed by atoms with van der Waals surface area (Å²) in [5, 5.41) is 12.6. The number of carbonyl (C=O) groups excluding carboxylic acids is 1. The normalized spacial score (nSPS) is 11.4. The van der Waals surface area contributed by atoms with Gasteiger partial charge in [-0.05, 0) is 55.7 Å². The Bertz CT molecular complexity index is 1170. The van der Waals surface area contributed by atoms with Crippen molar-refractivity contribution in [3.63, 3.8) is 0 Å². The molecule has 0 bridgehead atoms. The molecule has 0 aliphatic rings. The number of ether oxygens (including phenoxy) is 1. The maximum atomic E-state index is 12.3. The van der Waals surface area contributed by atoms with Crippen molar-refractivity contribution in [1.29, 1.82) is 0 Å². The number of fused-ring (bicyclic) bond motifs is 1. The molecule has 0 aliphatic carbocycles. The van der Waals surface area contributed by atoms with Crippen LogP contribution in [0, 0.1) is 6.92 Å². The summed E-state index contributed by atoms with van der Waals surface area (Å²) in [5.41, 5.74) is 1.65. The highest BCUT2D eigenvalue weighted by Crippen LogP contribution is 2.25. The highest BCUT2D eigenvalue weighted by molar-refractivity contribution is 8.01. The Morgan fingerprint density at radius 3 is 2.68 bits per heavy atom. The second-order valence-corrected chi connectivity index (χ2v) is 9.14. The van der Waals surface area contributed by atoms with Crippen LogP contribution in [0.5, 0.6) is 5.75 Å². The molecule has 0 saturated carbocycles. The predicted octanol–water partition coefficient (Wildman–Crippen LogP) is 5.34. The molecule has 4 aromatic rings. The molecular weight excluding hydrogens is 428 g/mol. The van der Waals surface area contributed by atoms with E-state index in [0.717, 1.165) is 45.0 Å². The van der Waals surface area contributed by atoms with E-state index in [1.807, 2.05) is 55.5 Å². The molecule has 8 heteroatoms. The fraction of sp³-hybridized carbons (Fsp3) is 0.217. The van der Waals surface area contributed by atoms with Crippen molar-refractivity contribution in [2.24, 2.45) is 0 Å². The van der Waals surface area contributed by atoms with Crippen LogP contribution < -0.4 is 4.74 Å². The number of benzene rings is 2. The molecule has 6 nitrogen and oxygen atoms in total. The van der Waals surface area contributed by atoms with Crippen LogP contribution in [0.15, 0.2) is 65.0 Å². The van der Waals surface area contributed by atoms with Gasteiger partial charge in [0.15, 0.2) is 15.9 Å². The molecule has 4 rings (SSSR count). The van der Waals surface area contributed by atoms with Crippen molar-refractivity contribution in [2.45, 2.75) is 24.1 Å². The number of aromatic nitrogens is 4. The van der Waals surface area contributed by atoms with Crippen molar-refractivity contribution in [3.05, 3.63) is 77.6 Å². The number of ketones is 1. The van der Waals surface area contributed by atoms with Gasteiger partial charge in [-0.15, -0.1) is 15.3 Å². The highest BCUT2D eigenvalue weighted by atomic mass is 32.2. The largest absolute Gasteiger partial charge is 0.494 e. The summed E-state index contributed by atoms with van der Waals surface area (Å²) in [6.45, 7) is 2.54. The third kappa shape index (κ3) is 5.80. The molecule has 31 heavy (non-hydrogen) atoms. The van der Waals surface area contributed by atoms with Crippen molar-refractivity contribution >= 4 is 39.9 Å². The summed E-state index contributed by atoms with van der Waals surface area (Å²) in [4.78, 5) is 13.1. The van der Waals surface area contributed by atoms with Gasteiger partial charge in [0.2, 0.25) is 4.96 Å². The van der Waals surface area contributed by atoms with Gasteiger partial charge in [-0.25, -0.2) is 0 Å². The number of allylic oxidation sites excluding steroid dienone is 1. The van der Waals surface area contributed by atoms with Gasteiger partial charge in [-0.1, -0.05) is 59.5 Å². The zero-order valence-electron chi connectivity index (χ0n) is 17.1. The van der Waals surface area contributed by atoms with E-state index < -0.39 is 0 Å². The first-order chi connectivity index (χ1) is 15.2. The third-order valence-electron chi connectivity index (χ3n) is 4.53. The fourth-order valence-corrected chi connectivity index (χ4v) is 4.85. The molecule has 0 amide bonds. The number of nitrogens with zero attached hydrogens (tertiary/aromatic N) is 4. The molecule has 0 aliphatic heterocycles. The standard InChI is InChI=1S/C23H22N4O2S2/c1-17-24-25-22-27(17)26-23(31-22)30-16-6-5-15-29-20-12-10-19(11-13-20)21(28)14-9-18-7-3-2-4-8-18/h2-4,7-14H,5-6,15-16H2,1H3/b14-9+. The molecule has 2 aromatic heterocycles. The van der Waals surface area contributed by atoms with Crippen LogP contribution >= 0.6 is 23.1 Å². The number of aryl methyl sites for hydroxylation is 1. The van der Waals surface area contributed by atoms with Crippen LogP contribution in [-0.2, 0) is 0 Å². The van der Waals surface area contributed by atoms with Gasteiger partial charge in [-0.2, -0.15) is 4.52 Å². The minimum atomic E-state index is -0.0204. The number of hydrogen-bond acceptors (Lipinski definition) is 7. The zero-order chi connectivity index (χ0) is 21.5. The minimum absolute atomic E-state index is 0.0204. The Labute approximate surface area is 189 Å². The van der Waals surface area contributed by atoms with E-state index in [4.69, 9.17) is 4.74 Å². The lowest BCUT2D eigenvalue weighted by Crippen LogP contribution is -1.99. The molecular formula is C23H22N4O2S2. The van der Waals surface area contributed by atoms with Crippen LogP contribution in [0.3, 0.4) is 0 Å². The van der Waals surface area contributed by atoms with Gasteiger partial charge in [-0.3, -0.25) is 4.79 Å². The van der Waals surface area contributed by atoms with E-state index in [9.17, 15) is 4.79 Å². The van der Waals surface area contributed by atoms with Gasteiger partial charge >= 0.3 is 0 Å². The summed E-state index contributed by atoms with van der Waals surface area (Å²) in [6.07, 6.45) is 5.41. The molecule has 0 radical (unpaired) electrons. The Kier molecular flexibility index (Phi) is 7.11. The molecule has 158 valence electrons. The lowest BCUT2D eigenvalue weighted by atomic mass is 10.1. The summed E-state index contributed by atoms with van der Waals surface area (Å²) < 4.78 is 8.59. The van der Waals surface area contributed by atoms with Gasteiger partial charge < -0.3 is 4.74 Å². The molecule has 2 heterocycles. The van der Waals surface area contributed by atoms with E-state index in [1.165, 1.54) is 0 Å². The van der Waals surface area contributed by atoms with Crippen LogP contribution in [0.25, 0.3) is 11.0 Å². The average molecular weight is 451 g/mol. The van der Waals surface area contributed by atoms with Gasteiger partial charge in [0.1, 0.15) is 5.75 Å². The summed E-state index contributed by atoms with van der Waals surface area (Å²) in [5.74, 6) is 2.55. The summed E-state index contributed by atoms with van der Waals surface area (Å²) >= 11 is 3.30. The topological polar surface area (TPSA) is 69.4 Å². The minimum Gasteiger partial charge on any atom is -0.494 e. The summed E-state index contributed by atoms with van der Waals surface area (Å²) in [6, 6.07) is 17.1. The average Bonchev–Trinajstić information content (AvgIpc) is 3.37. The summed E-state index contributed by atoms with van der Waals surface area (Å²) in [7, 11) is 0. The number of carbonyl (C=O) groups is 1. The maximum absolute atomic E-state index is 12.3. The zero-order valence-corrected chi connectivity index (χ0v) is 18.7. The molecule has 0 spiro atoms. The van der Waals surface area contributed by atoms with Gasteiger partial charge in [0, 0.05) is 11.3 Å². The fourth-order valence-electron chi connectivity index (χ4n) is 2.86. The molecule has 0 fully saturated rings. The van der Waals surface area contributed by atoms with Crippen LogP contribution in [0.4, 0.5) is 0 Å². The molecule has 0 saturated heterocycles. The number of thioether (sulfide) groups is 1. The second-order valence-electron chi connectivity index (χ2n) is 6.85. The van der Waals surface area contributed by atoms with Crippen molar-refractivity contribution < 1.29 is 9.53 Å². The molecule has 0 atom stereocenters. The first-order valence-electron chi connectivity index (χ1n) is 10.0. The predicted molar refractivity (Wildman–Crippen MR) is 125 cm³/mol. The molecule has 0 unspecified atom stereocenters. The van der Waals surface area contributed by atoms with Gasteiger partial charge in [0.25, 0.3) is 0 Å². The van der Waals surface area contributed by atoms with Crippen molar-refractivity contribution in [1.82, 2.24) is 19.8 Å². The third-order valence-corrected chi connectivity index (χ3v) is 6.65. The second kappa shape index (κ2) is 10.4. The highest BCUT2D eigenvalue weighted by Gasteiger charge is 2.08. The van der Waals surface area contributed by atoms with E-state index in [2.05, 4.69) is 15.3 Å². The Balaban J connectivity index is 1.16. The smallest absolute Gasteiger partial charge is 0.235 e. The Morgan fingerprint density at radius 2 is 1.90 bits per heavy atom. The van der Waals surface area contributed by atoms with E-state index in [-0.39, 0.29) is 5.78 Å². The molecule has 0 N–H and O–H groups in total. The van der Waals surface area contributed by atoms with Crippen LogP contribution in [0.1, 0.15) is 34.6 Å². The SMILES string of the molecule is Cc1nnc2sc(SCCCCOc3ccc(C(=O)/C=C/c4ccccc4)cc3)nn12. The van der Waals surface area contributed by atoms with Crippen LogP contribution in [0.2, 0.25) is 0 Å². The maximum Gasteiger partial charge on any atom is 0.235 e. The first kappa shape index (κ1) is 21.3. The Hall–Kier alpha value is -2.97. The van der Waals surface area contributed by atoms with Gasteiger partial charge in [0.05, 0.1) is 6.61 Å². The molecule has 2 aromatic carbocycles. The van der Waals surface area contributed by atoms with E-state index in [0.29, 0.717) is 12.2 Å².